The number of carbonyl (C=O) groups excluding carboxylic acids is 2. The van der Waals surface area contributed by atoms with Crippen molar-refractivity contribution in [3.63, 3.8) is 0 Å². The van der Waals surface area contributed by atoms with Gasteiger partial charge in [0.1, 0.15) is 19.8 Å². The summed E-state index contributed by atoms with van der Waals surface area (Å²) in [6, 6.07) is 0. The van der Waals surface area contributed by atoms with Gasteiger partial charge in [-0.15, -0.1) is 0 Å². The second-order valence-electron chi connectivity index (χ2n) is 27.7. The van der Waals surface area contributed by atoms with E-state index in [2.05, 4.69) is 196 Å². The minimum absolute atomic E-state index is 0.0191. The van der Waals surface area contributed by atoms with Gasteiger partial charge < -0.3 is 18.9 Å². The zero-order valence-corrected chi connectivity index (χ0v) is 65.8. The predicted molar refractivity (Wildman–Crippen MR) is 436 cm³/mol. The van der Waals surface area contributed by atoms with E-state index >= 15 is 0 Å². The van der Waals surface area contributed by atoms with E-state index in [4.69, 9.17) is 18.5 Å². The molecule has 9 nitrogen and oxygen atoms in total. The number of nitrogens with zero attached hydrogens (tertiary/aromatic N) is 1. The first-order chi connectivity index (χ1) is 49.0. The zero-order chi connectivity index (χ0) is 72.5. The van der Waals surface area contributed by atoms with Crippen LogP contribution in [0.15, 0.2) is 182 Å². The molecule has 0 aliphatic heterocycles. The summed E-state index contributed by atoms with van der Waals surface area (Å²) in [5.41, 5.74) is 0. The number of allylic oxidation sites excluding steroid dienone is 30. The molecule has 1 N–H and O–H groups in total. The number of phosphoric acid groups is 1. The standard InChI is InChI=1S/C90H150NO8P/c1-6-8-10-12-14-16-18-20-22-24-26-28-30-32-34-36-38-40-42-43-44-45-46-47-49-50-52-54-56-58-60-62-64-66-68-70-72-74-76-78-80-82-89(92)96-86-88(87-98-100(94,95)97-85-84-91(3,4)5)99-90(93)83-81-79-77-75-73-71-69-67-65-63-61-59-57-55-53-51-48-41-39-37-35-33-31-29-27-25-23-21-19-17-15-13-11-9-7-2/h8-11,14-17,20-23,26-29,32-35,39,41,51,53,57,59,63,65,69,71,88H,6-7,12-13,18-19,24-25,30-31,36-38,40,42-50,52,54-56,58,60-62,64,66-68,70,72-87H2,1-5H3/p+1/b10-8-,11-9-,16-14-,17-15-,22-20-,23-21-,28-26-,29-27-,34-32-,35-33-,41-39-,53-51-,59-57-,65-63-,71-69-. The molecule has 0 rings (SSSR count). The lowest BCUT2D eigenvalue weighted by molar-refractivity contribution is -0.870. The van der Waals surface area contributed by atoms with Crippen LogP contribution in [0.25, 0.3) is 0 Å². The van der Waals surface area contributed by atoms with Crippen LogP contribution in [0.1, 0.15) is 322 Å². The van der Waals surface area contributed by atoms with Crippen molar-refractivity contribution in [1.29, 1.82) is 0 Å². The quantitative estimate of drug-likeness (QED) is 0.0211. The molecule has 0 aromatic carbocycles. The third-order valence-electron chi connectivity index (χ3n) is 16.9. The number of hydrogen-bond acceptors (Lipinski definition) is 7. The Labute approximate surface area is 616 Å². The van der Waals surface area contributed by atoms with Gasteiger partial charge in [-0.1, -0.05) is 357 Å². The van der Waals surface area contributed by atoms with Gasteiger partial charge in [-0.05, 0) is 135 Å². The highest BCUT2D eigenvalue weighted by Crippen LogP contribution is 2.43. The molecule has 2 unspecified atom stereocenters. The summed E-state index contributed by atoms with van der Waals surface area (Å²) >= 11 is 0. The van der Waals surface area contributed by atoms with Crippen molar-refractivity contribution in [3.8, 4) is 0 Å². The first kappa shape index (κ1) is 95.1. The van der Waals surface area contributed by atoms with Gasteiger partial charge in [-0.3, -0.25) is 18.6 Å². The summed E-state index contributed by atoms with van der Waals surface area (Å²) in [5, 5.41) is 0. The van der Waals surface area contributed by atoms with E-state index in [1.807, 2.05) is 21.1 Å². The van der Waals surface area contributed by atoms with Gasteiger partial charge in [-0.2, -0.15) is 0 Å². The van der Waals surface area contributed by atoms with Crippen LogP contribution in [-0.2, 0) is 32.7 Å². The van der Waals surface area contributed by atoms with Gasteiger partial charge in [0, 0.05) is 12.8 Å². The number of ether oxygens (including phenoxy) is 2. The summed E-state index contributed by atoms with van der Waals surface area (Å²) in [4.78, 5) is 36.0. The van der Waals surface area contributed by atoms with Crippen molar-refractivity contribution >= 4 is 19.8 Å². The lowest BCUT2D eigenvalue weighted by Crippen LogP contribution is -2.37. The number of hydrogen-bond donors (Lipinski definition) is 1. The number of quaternary nitrogens is 1. The normalized spacial score (nSPS) is 14.0. The Bertz CT molecular complexity index is 2350. The largest absolute Gasteiger partial charge is 0.472 e. The maximum absolute atomic E-state index is 12.9. The van der Waals surface area contributed by atoms with E-state index in [-0.39, 0.29) is 32.0 Å². The van der Waals surface area contributed by atoms with Gasteiger partial charge in [0.2, 0.25) is 0 Å². The van der Waals surface area contributed by atoms with Crippen LogP contribution in [-0.4, -0.2) is 74.9 Å². The molecule has 10 heteroatoms. The maximum atomic E-state index is 12.9. The molecule has 0 saturated heterocycles. The Morgan fingerprint density at radius 1 is 0.310 bits per heavy atom. The second-order valence-corrected chi connectivity index (χ2v) is 29.1. The highest BCUT2D eigenvalue weighted by atomic mass is 31.2. The number of likely N-dealkylation sites (N-methyl/N-ethyl adjacent to an activating group) is 1. The number of unbranched alkanes of at least 4 members (excludes halogenated alkanes) is 29. The average Bonchev–Trinajstić information content (AvgIpc) is 1.65. The van der Waals surface area contributed by atoms with Crippen LogP contribution in [0.2, 0.25) is 0 Å². The fourth-order valence-corrected chi connectivity index (χ4v) is 11.6. The van der Waals surface area contributed by atoms with Crippen molar-refractivity contribution in [3.05, 3.63) is 182 Å². The van der Waals surface area contributed by atoms with Crippen molar-refractivity contribution in [2.45, 2.75) is 328 Å². The van der Waals surface area contributed by atoms with Crippen LogP contribution in [0.5, 0.6) is 0 Å². The SMILES string of the molecule is CC/C=C\C/C=C\C/C=C\C/C=C\C/C=C\C/C=C\C/C=C\C/C=C\C/C=C\C/C=C\CCCCCCC(=O)OC(COC(=O)CCCCCCCCCCCCCCCCCCCCCCCCCCC/C=C\C/C=C\C/C=C\C/C=C\C/C=C\CC)COP(=O)(O)OCC[N+](C)(C)C. The molecule has 0 saturated carbocycles. The highest BCUT2D eigenvalue weighted by Gasteiger charge is 2.27. The number of esters is 2. The van der Waals surface area contributed by atoms with Gasteiger partial charge >= 0.3 is 19.8 Å². The molecule has 0 aliphatic carbocycles. The molecule has 0 fully saturated rings. The zero-order valence-electron chi connectivity index (χ0n) is 64.9. The van der Waals surface area contributed by atoms with Crippen LogP contribution >= 0.6 is 7.82 Å². The van der Waals surface area contributed by atoms with Gasteiger partial charge in [0.25, 0.3) is 0 Å². The summed E-state index contributed by atoms with van der Waals surface area (Å²) in [5.74, 6) is -0.827. The smallest absolute Gasteiger partial charge is 0.462 e. The Hall–Kier alpha value is -4.89. The Balaban J connectivity index is 4.03. The third kappa shape index (κ3) is 82.1. The molecule has 2 atom stereocenters. The summed E-state index contributed by atoms with van der Waals surface area (Å²) < 4.78 is 34.8. The second kappa shape index (κ2) is 78.3. The molecule has 100 heavy (non-hydrogen) atoms. The monoisotopic (exact) mass is 1410 g/mol. The fraction of sp³-hybridized carbons (Fsp3) is 0.644. The molecule has 0 aliphatic rings. The number of carbonyl (C=O) groups is 2. The Morgan fingerprint density at radius 2 is 0.540 bits per heavy atom. The van der Waals surface area contributed by atoms with Crippen LogP contribution in [0, 0.1) is 0 Å². The Kier molecular flexibility index (Phi) is 74.4. The molecule has 0 radical (unpaired) electrons. The third-order valence-corrected chi connectivity index (χ3v) is 17.9. The van der Waals surface area contributed by atoms with E-state index in [0.717, 1.165) is 141 Å². The first-order valence-corrected chi connectivity index (χ1v) is 42.0. The lowest BCUT2D eigenvalue weighted by atomic mass is 10.0. The van der Waals surface area contributed by atoms with Gasteiger partial charge in [-0.25, -0.2) is 4.57 Å². The molecule has 0 spiro atoms. The molecule has 0 bridgehead atoms. The topological polar surface area (TPSA) is 108 Å². The summed E-state index contributed by atoms with van der Waals surface area (Å²) in [7, 11) is 1.45. The fourth-order valence-electron chi connectivity index (χ4n) is 10.8. The van der Waals surface area contributed by atoms with Crippen molar-refractivity contribution in [2.75, 3.05) is 47.5 Å². The lowest BCUT2D eigenvalue weighted by Gasteiger charge is -2.24. The van der Waals surface area contributed by atoms with Crippen LogP contribution in [0.4, 0.5) is 0 Å². The van der Waals surface area contributed by atoms with E-state index in [0.29, 0.717) is 17.4 Å². The summed E-state index contributed by atoms with van der Waals surface area (Å²) in [6.45, 7) is 4.18. The van der Waals surface area contributed by atoms with Gasteiger partial charge in [0.05, 0.1) is 27.7 Å². The molecule has 0 aromatic heterocycles. The maximum Gasteiger partial charge on any atom is 0.472 e. The van der Waals surface area contributed by atoms with Crippen molar-refractivity contribution in [1.82, 2.24) is 0 Å². The number of phosphoric ester groups is 1. The molecule has 0 amide bonds. The minimum atomic E-state index is -4.41. The van der Waals surface area contributed by atoms with Crippen LogP contribution < -0.4 is 0 Å². The molecular formula is C90H151NO8P+. The average molecular weight is 1410 g/mol. The van der Waals surface area contributed by atoms with Crippen molar-refractivity contribution < 1.29 is 42.1 Å². The number of rotatable bonds is 73. The van der Waals surface area contributed by atoms with Crippen LogP contribution in [0.3, 0.4) is 0 Å². The van der Waals surface area contributed by atoms with E-state index < -0.39 is 26.5 Å². The van der Waals surface area contributed by atoms with E-state index in [9.17, 15) is 19.0 Å². The summed E-state index contributed by atoms with van der Waals surface area (Å²) in [6.07, 6.45) is 120. The van der Waals surface area contributed by atoms with E-state index in [1.54, 1.807) is 0 Å². The Morgan fingerprint density at radius 3 is 0.800 bits per heavy atom. The predicted octanol–water partition coefficient (Wildman–Crippen LogP) is 27.4. The first-order valence-electron chi connectivity index (χ1n) is 40.5. The molecule has 0 heterocycles. The molecule has 568 valence electrons. The molecular weight excluding hydrogens is 1250 g/mol. The molecule has 0 aromatic rings. The van der Waals surface area contributed by atoms with Crippen molar-refractivity contribution in [2.24, 2.45) is 0 Å². The van der Waals surface area contributed by atoms with E-state index in [1.165, 1.54) is 148 Å². The highest BCUT2D eigenvalue weighted by molar-refractivity contribution is 7.47. The van der Waals surface area contributed by atoms with Gasteiger partial charge in [0.15, 0.2) is 6.10 Å². The minimum Gasteiger partial charge on any atom is -0.462 e.